The van der Waals surface area contributed by atoms with Gasteiger partial charge in [-0.15, -0.1) is 0 Å². The number of carbonyl (C=O) groups excluding carboxylic acids is 2. The van der Waals surface area contributed by atoms with E-state index in [-0.39, 0.29) is 5.91 Å². The Bertz CT molecular complexity index is 624. The van der Waals surface area contributed by atoms with Crippen molar-refractivity contribution in [3.8, 4) is 0 Å². The highest BCUT2D eigenvalue weighted by atomic mass is 16.2. The summed E-state index contributed by atoms with van der Waals surface area (Å²) in [5.74, 6) is 0.924. The maximum Gasteiger partial charge on any atom is 0.238 e. The molecule has 26 heavy (non-hydrogen) atoms. The van der Waals surface area contributed by atoms with E-state index < -0.39 is 0 Å². The number of carbonyl (C=O) groups is 2. The molecule has 1 aliphatic carbocycles. The highest BCUT2D eigenvalue weighted by Crippen LogP contribution is 2.28. The SMILES string of the molecule is Cc1cccc(C)c1NC(=O)CN1CCN(C(=O)CC2CCCC2)CC1. The Morgan fingerprint density at radius 3 is 2.27 bits per heavy atom. The maximum absolute atomic E-state index is 12.4. The average molecular weight is 357 g/mol. The van der Waals surface area contributed by atoms with Gasteiger partial charge < -0.3 is 10.2 Å². The number of anilines is 1. The summed E-state index contributed by atoms with van der Waals surface area (Å²) in [5.41, 5.74) is 3.09. The molecule has 0 unspecified atom stereocenters. The van der Waals surface area contributed by atoms with Crippen LogP contribution >= 0.6 is 0 Å². The molecule has 1 aliphatic heterocycles. The van der Waals surface area contributed by atoms with E-state index in [2.05, 4.69) is 10.2 Å². The first-order valence-electron chi connectivity index (χ1n) is 9.89. The lowest BCUT2D eigenvalue weighted by Gasteiger charge is -2.34. The fraction of sp³-hybridized carbons (Fsp3) is 0.619. The van der Waals surface area contributed by atoms with Crippen molar-refractivity contribution >= 4 is 17.5 Å². The molecule has 1 aromatic rings. The van der Waals surface area contributed by atoms with E-state index in [1.165, 1.54) is 25.7 Å². The Hall–Kier alpha value is -1.88. The van der Waals surface area contributed by atoms with Gasteiger partial charge in [0.1, 0.15) is 0 Å². The van der Waals surface area contributed by atoms with Gasteiger partial charge in [0.05, 0.1) is 6.54 Å². The normalized spacial score (nSPS) is 18.9. The van der Waals surface area contributed by atoms with Crippen molar-refractivity contribution in [2.75, 3.05) is 38.0 Å². The summed E-state index contributed by atoms with van der Waals surface area (Å²) in [6.07, 6.45) is 5.70. The van der Waals surface area contributed by atoms with E-state index in [1.807, 2.05) is 36.9 Å². The third-order valence-corrected chi connectivity index (χ3v) is 5.78. The summed E-state index contributed by atoms with van der Waals surface area (Å²) in [7, 11) is 0. The van der Waals surface area contributed by atoms with Crippen LogP contribution in [0.15, 0.2) is 18.2 Å². The smallest absolute Gasteiger partial charge is 0.238 e. The first kappa shape index (κ1) is 18.9. The van der Waals surface area contributed by atoms with Crippen LogP contribution in [0.4, 0.5) is 5.69 Å². The van der Waals surface area contributed by atoms with Gasteiger partial charge >= 0.3 is 0 Å². The first-order chi connectivity index (χ1) is 12.5. The fourth-order valence-corrected chi connectivity index (χ4v) is 4.14. The van der Waals surface area contributed by atoms with E-state index in [9.17, 15) is 9.59 Å². The molecular formula is C21H31N3O2. The Kier molecular flexibility index (Phi) is 6.30. The van der Waals surface area contributed by atoms with Gasteiger partial charge in [0, 0.05) is 38.3 Å². The highest BCUT2D eigenvalue weighted by molar-refractivity contribution is 5.93. The van der Waals surface area contributed by atoms with Crippen molar-refractivity contribution in [3.63, 3.8) is 0 Å². The quantitative estimate of drug-likeness (QED) is 0.881. The number of benzene rings is 1. The Morgan fingerprint density at radius 2 is 1.65 bits per heavy atom. The molecule has 0 radical (unpaired) electrons. The number of rotatable bonds is 5. The van der Waals surface area contributed by atoms with Gasteiger partial charge in [-0.2, -0.15) is 0 Å². The lowest BCUT2D eigenvalue weighted by molar-refractivity contribution is -0.134. The number of aryl methyl sites for hydroxylation is 2. The number of nitrogens with zero attached hydrogens (tertiary/aromatic N) is 2. The Morgan fingerprint density at radius 1 is 1.04 bits per heavy atom. The average Bonchev–Trinajstić information content (AvgIpc) is 3.12. The monoisotopic (exact) mass is 357 g/mol. The van der Waals surface area contributed by atoms with Gasteiger partial charge in [0.2, 0.25) is 11.8 Å². The van der Waals surface area contributed by atoms with Crippen LogP contribution in [-0.4, -0.2) is 54.3 Å². The van der Waals surface area contributed by atoms with Crippen LogP contribution in [0.5, 0.6) is 0 Å². The third-order valence-electron chi connectivity index (χ3n) is 5.78. The molecule has 0 aromatic heterocycles. The molecular weight excluding hydrogens is 326 g/mol. The molecule has 0 spiro atoms. The Labute approximate surface area is 156 Å². The molecule has 2 amide bonds. The minimum Gasteiger partial charge on any atom is -0.340 e. The van der Waals surface area contributed by atoms with Gasteiger partial charge in [0.25, 0.3) is 0 Å². The Balaban J connectivity index is 1.43. The van der Waals surface area contributed by atoms with E-state index in [0.717, 1.165) is 43.0 Å². The van der Waals surface area contributed by atoms with Crippen LogP contribution in [0.1, 0.15) is 43.2 Å². The summed E-state index contributed by atoms with van der Waals surface area (Å²) < 4.78 is 0. The molecule has 1 N–H and O–H groups in total. The predicted octanol–water partition coefficient (Wildman–Crippen LogP) is 2.97. The number of para-hydroxylation sites is 1. The first-order valence-corrected chi connectivity index (χ1v) is 9.89. The van der Waals surface area contributed by atoms with Crippen molar-refractivity contribution in [2.45, 2.75) is 46.0 Å². The summed E-state index contributed by atoms with van der Waals surface area (Å²) in [6, 6.07) is 6.02. The number of hydrogen-bond acceptors (Lipinski definition) is 3. The second kappa shape index (κ2) is 8.67. The maximum atomic E-state index is 12.4. The van der Waals surface area contributed by atoms with Gasteiger partial charge in [-0.3, -0.25) is 14.5 Å². The van der Waals surface area contributed by atoms with Crippen molar-refractivity contribution in [3.05, 3.63) is 29.3 Å². The van der Waals surface area contributed by atoms with Crippen LogP contribution in [0.25, 0.3) is 0 Å². The van der Waals surface area contributed by atoms with Crippen LogP contribution < -0.4 is 5.32 Å². The third kappa shape index (κ3) is 4.85. The predicted molar refractivity (Wildman–Crippen MR) is 104 cm³/mol. The lowest BCUT2D eigenvalue weighted by Crippen LogP contribution is -2.50. The molecule has 1 saturated carbocycles. The molecule has 2 aliphatic rings. The van der Waals surface area contributed by atoms with Crippen LogP contribution in [0.3, 0.4) is 0 Å². The van der Waals surface area contributed by atoms with Gasteiger partial charge in [-0.05, 0) is 43.7 Å². The van der Waals surface area contributed by atoms with Crippen LogP contribution in [-0.2, 0) is 9.59 Å². The summed E-state index contributed by atoms with van der Waals surface area (Å²) in [5, 5.41) is 3.05. The number of amides is 2. The number of piperazine rings is 1. The second-order valence-corrected chi connectivity index (χ2v) is 7.83. The molecule has 5 nitrogen and oxygen atoms in total. The van der Waals surface area contributed by atoms with Crippen LogP contribution in [0.2, 0.25) is 0 Å². The lowest BCUT2D eigenvalue weighted by atomic mass is 10.0. The molecule has 5 heteroatoms. The summed E-state index contributed by atoms with van der Waals surface area (Å²) in [6.45, 7) is 7.44. The zero-order valence-electron chi connectivity index (χ0n) is 16.1. The zero-order valence-corrected chi connectivity index (χ0v) is 16.1. The molecule has 1 saturated heterocycles. The van der Waals surface area contributed by atoms with Crippen molar-refractivity contribution in [1.82, 2.24) is 9.80 Å². The minimum atomic E-state index is 0.0214. The van der Waals surface area contributed by atoms with Gasteiger partial charge in [0.15, 0.2) is 0 Å². The molecule has 0 bridgehead atoms. The fourth-order valence-electron chi connectivity index (χ4n) is 4.14. The molecule has 0 atom stereocenters. The second-order valence-electron chi connectivity index (χ2n) is 7.83. The van der Waals surface area contributed by atoms with E-state index in [1.54, 1.807) is 0 Å². The van der Waals surface area contributed by atoms with E-state index >= 15 is 0 Å². The molecule has 142 valence electrons. The molecule has 3 rings (SSSR count). The van der Waals surface area contributed by atoms with E-state index in [4.69, 9.17) is 0 Å². The largest absolute Gasteiger partial charge is 0.340 e. The standard InChI is InChI=1S/C21H31N3O2/c1-16-6-5-7-17(2)21(16)22-19(25)15-23-10-12-24(13-11-23)20(26)14-18-8-3-4-9-18/h5-7,18H,3-4,8-15H2,1-2H3,(H,22,25). The van der Waals surface area contributed by atoms with Gasteiger partial charge in [-0.25, -0.2) is 0 Å². The number of hydrogen-bond donors (Lipinski definition) is 1. The minimum absolute atomic E-state index is 0.0214. The summed E-state index contributed by atoms with van der Waals surface area (Å²) >= 11 is 0. The van der Waals surface area contributed by atoms with Crippen molar-refractivity contribution in [2.24, 2.45) is 5.92 Å². The van der Waals surface area contributed by atoms with Gasteiger partial charge in [-0.1, -0.05) is 31.0 Å². The zero-order chi connectivity index (χ0) is 18.5. The van der Waals surface area contributed by atoms with Crippen molar-refractivity contribution in [1.29, 1.82) is 0 Å². The highest BCUT2D eigenvalue weighted by Gasteiger charge is 2.25. The number of nitrogens with one attached hydrogen (secondary N) is 1. The molecule has 1 heterocycles. The van der Waals surface area contributed by atoms with E-state index in [0.29, 0.717) is 24.8 Å². The summed E-state index contributed by atoms with van der Waals surface area (Å²) in [4.78, 5) is 29.0. The van der Waals surface area contributed by atoms with Crippen LogP contribution in [0, 0.1) is 19.8 Å². The topological polar surface area (TPSA) is 52.7 Å². The van der Waals surface area contributed by atoms with Crippen molar-refractivity contribution < 1.29 is 9.59 Å². The molecule has 1 aromatic carbocycles. The molecule has 2 fully saturated rings.